The van der Waals surface area contributed by atoms with Gasteiger partial charge in [0.1, 0.15) is 6.61 Å². The van der Waals surface area contributed by atoms with Gasteiger partial charge in [0, 0.05) is 18.1 Å². The Balaban J connectivity index is 0.00000288. The third-order valence-electron chi connectivity index (χ3n) is 4.03. The highest BCUT2D eigenvalue weighted by molar-refractivity contribution is 5.85. The topological polar surface area (TPSA) is 64.7 Å². The highest BCUT2D eigenvalue weighted by Gasteiger charge is 2.27. The van der Waals surface area contributed by atoms with Crippen molar-refractivity contribution in [1.82, 2.24) is 0 Å². The van der Waals surface area contributed by atoms with Crippen LogP contribution in [0.25, 0.3) is 0 Å². The molecular formula is C19H26ClNO3. The first-order valence-electron chi connectivity index (χ1n) is 7.69. The molecule has 0 saturated heterocycles. The molecule has 0 unspecified atom stereocenters. The fourth-order valence-corrected chi connectivity index (χ4v) is 2.28. The predicted molar refractivity (Wildman–Crippen MR) is 98.8 cm³/mol. The largest absolute Gasteiger partial charge is 0.493 e. The van der Waals surface area contributed by atoms with Crippen LogP contribution in [0.2, 0.25) is 0 Å². The van der Waals surface area contributed by atoms with Crippen LogP contribution in [0.5, 0.6) is 11.5 Å². The molecule has 0 aliphatic heterocycles. The summed E-state index contributed by atoms with van der Waals surface area (Å²) in [6.45, 7) is 4.35. The standard InChI is InChI=1S/C19H25NO3.ClH/c1-19(2,13-21)18(20)15-9-10-16(22-3)17(11-15)23-12-14-7-5-4-6-8-14;/h4-11,18,21H,12-13,20H2,1-3H3;1H/t18-;/m1./s1. The second kappa shape index (κ2) is 8.92. The van der Waals surface area contributed by atoms with E-state index in [9.17, 15) is 5.11 Å². The van der Waals surface area contributed by atoms with Gasteiger partial charge in [-0.05, 0) is 23.3 Å². The number of nitrogens with two attached hydrogens (primary N) is 1. The minimum absolute atomic E-state index is 0. The summed E-state index contributed by atoms with van der Waals surface area (Å²) in [5, 5.41) is 9.51. The fourth-order valence-electron chi connectivity index (χ4n) is 2.28. The average Bonchev–Trinajstić information content (AvgIpc) is 2.59. The Bertz CT molecular complexity index is 632. The molecule has 0 fully saturated rings. The van der Waals surface area contributed by atoms with Gasteiger partial charge >= 0.3 is 0 Å². The molecular weight excluding hydrogens is 326 g/mol. The lowest BCUT2D eigenvalue weighted by Crippen LogP contribution is -2.32. The van der Waals surface area contributed by atoms with Gasteiger partial charge in [-0.2, -0.15) is 0 Å². The molecule has 0 amide bonds. The van der Waals surface area contributed by atoms with E-state index >= 15 is 0 Å². The summed E-state index contributed by atoms with van der Waals surface area (Å²) >= 11 is 0. The Morgan fingerprint density at radius 1 is 1.08 bits per heavy atom. The molecule has 4 nitrogen and oxygen atoms in total. The van der Waals surface area contributed by atoms with Crippen molar-refractivity contribution >= 4 is 12.4 Å². The van der Waals surface area contributed by atoms with Gasteiger partial charge in [0.15, 0.2) is 11.5 Å². The molecule has 24 heavy (non-hydrogen) atoms. The number of hydrogen-bond acceptors (Lipinski definition) is 4. The van der Waals surface area contributed by atoms with Crippen LogP contribution in [0.15, 0.2) is 48.5 Å². The molecule has 2 aromatic rings. The van der Waals surface area contributed by atoms with Crippen LogP contribution in [-0.2, 0) is 6.61 Å². The summed E-state index contributed by atoms with van der Waals surface area (Å²) in [6.07, 6.45) is 0. The third kappa shape index (κ3) is 4.87. The van der Waals surface area contributed by atoms with Gasteiger partial charge in [-0.25, -0.2) is 0 Å². The van der Waals surface area contributed by atoms with Crippen molar-refractivity contribution in [3.63, 3.8) is 0 Å². The van der Waals surface area contributed by atoms with Crippen molar-refractivity contribution in [1.29, 1.82) is 0 Å². The van der Waals surface area contributed by atoms with E-state index in [1.807, 2.05) is 62.4 Å². The fraction of sp³-hybridized carbons (Fsp3) is 0.368. The SMILES string of the molecule is COc1ccc([C@@H](N)C(C)(C)CO)cc1OCc1ccccc1.Cl. The molecule has 0 bridgehead atoms. The highest BCUT2D eigenvalue weighted by Crippen LogP contribution is 2.36. The maximum Gasteiger partial charge on any atom is 0.161 e. The van der Waals surface area contributed by atoms with E-state index in [2.05, 4.69) is 0 Å². The van der Waals surface area contributed by atoms with Crippen molar-refractivity contribution in [2.24, 2.45) is 11.1 Å². The summed E-state index contributed by atoms with van der Waals surface area (Å²) in [5.41, 5.74) is 7.88. The summed E-state index contributed by atoms with van der Waals surface area (Å²) in [6, 6.07) is 15.3. The van der Waals surface area contributed by atoms with Gasteiger partial charge in [-0.1, -0.05) is 50.2 Å². The molecule has 132 valence electrons. The van der Waals surface area contributed by atoms with Gasteiger partial charge in [0.05, 0.1) is 7.11 Å². The summed E-state index contributed by atoms with van der Waals surface area (Å²) in [7, 11) is 1.61. The quantitative estimate of drug-likeness (QED) is 0.798. The Hall–Kier alpha value is -1.75. The van der Waals surface area contributed by atoms with Crippen molar-refractivity contribution in [3.8, 4) is 11.5 Å². The van der Waals surface area contributed by atoms with Crippen LogP contribution in [0.4, 0.5) is 0 Å². The summed E-state index contributed by atoms with van der Waals surface area (Å²) in [5.74, 6) is 1.32. The van der Waals surface area contributed by atoms with Crippen LogP contribution in [0.1, 0.15) is 31.0 Å². The molecule has 2 aromatic carbocycles. The van der Waals surface area contributed by atoms with Crippen LogP contribution in [-0.4, -0.2) is 18.8 Å². The van der Waals surface area contributed by atoms with Gasteiger partial charge in [0.25, 0.3) is 0 Å². The number of rotatable bonds is 7. The maximum absolute atomic E-state index is 9.51. The number of ether oxygens (including phenoxy) is 2. The van der Waals surface area contributed by atoms with Crippen molar-refractivity contribution < 1.29 is 14.6 Å². The normalized spacial score (nSPS) is 12.2. The number of aliphatic hydroxyl groups excluding tert-OH is 1. The minimum Gasteiger partial charge on any atom is -0.493 e. The smallest absolute Gasteiger partial charge is 0.161 e. The van der Waals surface area contributed by atoms with Gasteiger partial charge in [-0.15, -0.1) is 12.4 Å². The second-order valence-electron chi connectivity index (χ2n) is 6.31. The van der Waals surface area contributed by atoms with Crippen LogP contribution in [0, 0.1) is 5.41 Å². The van der Waals surface area contributed by atoms with Crippen LogP contribution in [0.3, 0.4) is 0 Å². The summed E-state index contributed by atoms with van der Waals surface area (Å²) < 4.78 is 11.3. The van der Waals surface area contributed by atoms with Crippen LogP contribution < -0.4 is 15.2 Å². The van der Waals surface area contributed by atoms with Gasteiger partial charge in [0.2, 0.25) is 0 Å². The van der Waals surface area contributed by atoms with E-state index < -0.39 is 5.41 Å². The van der Waals surface area contributed by atoms with Crippen LogP contribution >= 0.6 is 12.4 Å². The van der Waals surface area contributed by atoms with Crippen molar-refractivity contribution in [3.05, 3.63) is 59.7 Å². The molecule has 0 heterocycles. The first kappa shape index (κ1) is 20.3. The molecule has 2 rings (SSSR count). The molecule has 0 spiro atoms. The molecule has 0 aliphatic rings. The zero-order valence-corrected chi connectivity index (χ0v) is 15.2. The minimum atomic E-state index is -0.411. The van der Waals surface area contributed by atoms with E-state index in [0.717, 1.165) is 11.1 Å². The number of methoxy groups -OCH3 is 1. The average molecular weight is 352 g/mol. The first-order valence-corrected chi connectivity index (χ1v) is 7.69. The second-order valence-corrected chi connectivity index (χ2v) is 6.31. The van der Waals surface area contributed by atoms with Crippen molar-refractivity contribution in [2.45, 2.75) is 26.5 Å². The Morgan fingerprint density at radius 3 is 2.33 bits per heavy atom. The zero-order chi connectivity index (χ0) is 16.9. The highest BCUT2D eigenvalue weighted by atomic mass is 35.5. The van der Waals surface area contributed by atoms with Crippen molar-refractivity contribution in [2.75, 3.05) is 13.7 Å². The summed E-state index contributed by atoms with van der Waals surface area (Å²) in [4.78, 5) is 0. The lowest BCUT2D eigenvalue weighted by molar-refractivity contribution is 0.132. The van der Waals surface area contributed by atoms with E-state index in [1.54, 1.807) is 7.11 Å². The van der Waals surface area contributed by atoms with E-state index in [-0.39, 0.29) is 25.1 Å². The molecule has 1 atom stereocenters. The first-order chi connectivity index (χ1) is 11.0. The monoisotopic (exact) mass is 351 g/mol. The molecule has 3 N–H and O–H groups in total. The van der Waals surface area contributed by atoms with E-state index in [4.69, 9.17) is 15.2 Å². The van der Waals surface area contributed by atoms with E-state index in [0.29, 0.717) is 18.1 Å². The molecule has 5 heteroatoms. The molecule has 0 aromatic heterocycles. The predicted octanol–water partition coefficient (Wildman–Crippen LogP) is 3.71. The Kier molecular flexibility index (Phi) is 7.55. The molecule has 0 aliphatic carbocycles. The molecule has 0 saturated carbocycles. The van der Waals surface area contributed by atoms with Gasteiger partial charge < -0.3 is 20.3 Å². The van der Waals surface area contributed by atoms with Gasteiger partial charge in [-0.3, -0.25) is 0 Å². The maximum atomic E-state index is 9.51. The number of benzene rings is 2. The number of aliphatic hydroxyl groups is 1. The number of hydrogen-bond donors (Lipinski definition) is 2. The number of halogens is 1. The van der Waals surface area contributed by atoms with E-state index in [1.165, 1.54) is 0 Å². The zero-order valence-electron chi connectivity index (χ0n) is 14.4. The lowest BCUT2D eigenvalue weighted by Gasteiger charge is -2.30. The Labute approximate surface area is 150 Å². The molecule has 0 radical (unpaired) electrons. The third-order valence-corrected chi connectivity index (χ3v) is 4.03. The Morgan fingerprint density at radius 2 is 1.75 bits per heavy atom. The lowest BCUT2D eigenvalue weighted by atomic mass is 9.82.